The Morgan fingerprint density at radius 1 is 1.00 bits per heavy atom. The maximum atomic E-state index is 13.2. The highest BCUT2D eigenvalue weighted by atomic mass is 35.5. The van der Waals surface area contributed by atoms with Gasteiger partial charge in [-0.15, -0.1) is 10.2 Å². The highest BCUT2D eigenvalue weighted by Crippen LogP contribution is 2.23. The quantitative estimate of drug-likeness (QED) is 0.556. The van der Waals surface area contributed by atoms with Gasteiger partial charge in [-0.1, -0.05) is 35.5 Å². The SMILES string of the molecule is O=C(CSc1ccc(N2CCN(c3cccc(Cl)c3)CC2)nn1)Nc1cccc(F)c1. The molecule has 1 aromatic heterocycles. The van der Waals surface area contributed by atoms with Crippen LogP contribution in [0.2, 0.25) is 5.02 Å². The molecule has 4 rings (SSSR count). The summed E-state index contributed by atoms with van der Waals surface area (Å²) in [5.74, 6) is 0.376. The van der Waals surface area contributed by atoms with Crippen LogP contribution in [0.3, 0.4) is 0 Å². The molecule has 6 nitrogen and oxygen atoms in total. The van der Waals surface area contributed by atoms with E-state index in [0.717, 1.165) is 42.7 Å². The van der Waals surface area contributed by atoms with E-state index in [1.807, 2.05) is 30.3 Å². The fourth-order valence-electron chi connectivity index (χ4n) is 3.33. The lowest BCUT2D eigenvalue weighted by molar-refractivity contribution is -0.113. The predicted octanol–water partition coefficient (Wildman–Crippen LogP) is 4.33. The van der Waals surface area contributed by atoms with Crippen molar-refractivity contribution in [2.24, 2.45) is 0 Å². The Kier molecular flexibility index (Phi) is 6.89. The molecule has 1 aliphatic rings. The summed E-state index contributed by atoms with van der Waals surface area (Å²) in [6.07, 6.45) is 0. The van der Waals surface area contributed by atoms with E-state index in [-0.39, 0.29) is 17.5 Å². The number of piperazine rings is 1. The lowest BCUT2D eigenvalue weighted by atomic mass is 10.2. The third-order valence-electron chi connectivity index (χ3n) is 4.86. The van der Waals surface area contributed by atoms with Crippen LogP contribution in [-0.2, 0) is 4.79 Å². The van der Waals surface area contributed by atoms with Crippen LogP contribution < -0.4 is 15.1 Å². The first-order chi connectivity index (χ1) is 15.1. The molecule has 1 saturated heterocycles. The average molecular weight is 458 g/mol. The van der Waals surface area contributed by atoms with Crippen LogP contribution in [0.25, 0.3) is 0 Å². The molecule has 2 aromatic carbocycles. The molecule has 1 fully saturated rings. The van der Waals surface area contributed by atoms with Crippen LogP contribution >= 0.6 is 23.4 Å². The van der Waals surface area contributed by atoms with Crippen LogP contribution in [0.5, 0.6) is 0 Å². The van der Waals surface area contributed by atoms with Crippen molar-refractivity contribution in [2.45, 2.75) is 5.03 Å². The Morgan fingerprint density at radius 2 is 1.77 bits per heavy atom. The van der Waals surface area contributed by atoms with Crippen molar-refractivity contribution in [1.29, 1.82) is 0 Å². The lowest BCUT2D eigenvalue weighted by Gasteiger charge is -2.36. The van der Waals surface area contributed by atoms with E-state index < -0.39 is 0 Å². The van der Waals surface area contributed by atoms with Gasteiger partial charge < -0.3 is 15.1 Å². The first-order valence-electron chi connectivity index (χ1n) is 9.84. The summed E-state index contributed by atoms with van der Waals surface area (Å²) in [5, 5.41) is 12.6. The van der Waals surface area contributed by atoms with Gasteiger partial charge in [0.25, 0.3) is 0 Å². The van der Waals surface area contributed by atoms with Gasteiger partial charge in [0.15, 0.2) is 5.82 Å². The van der Waals surface area contributed by atoms with Gasteiger partial charge in [0.2, 0.25) is 5.91 Å². The summed E-state index contributed by atoms with van der Waals surface area (Å²) < 4.78 is 13.2. The van der Waals surface area contributed by atoms with Gasteiger partial charge >= 0.3 is 0 Å². The largest absolute Gasteiger partial charge is 0.368 e. The van der Waals surface area contributed by atoms with Gasteiger partial charge in [-0.3, -0.25) is 4.79 Å². The maximum Gasteiger partial charge on any atom is 0.234 e. The topological polar surface area (TPSA) is 61.4 Å². The zero-order valence-corrected chi connectivity index (χ0v) is 18.2. The molecule has 2 heterocycles. The van der Waals surface area contributed by atoms with Crippen molar-refractivity contribution < 1.29 is 9.18 Å². The first-order valence-corrected chi connectivity index (χ1v) is 11.2. The fourth-order valence-corrected chi connectivity index (χ4v) is 4.13. The van der Waals surface area contributed by atoms with Crippen LogP contribution in [0.1, 0.15) is 0 Å². The highest BCUT2D eigenvalue weighted by molar-refractivity contribution is 7.99. The molecule has 1 N–H and O–H groups in total. The molecule has 0 unspecified atom stereocenters. The summed E-state index contributed by atoms with van der Waals surface area (Å²) in [5.41, 5.74) is 1.56. The van der Waals surface area contributed by atoms with E-state index >= 15 is 0 Å². The number of nitrogens with one attached hydrogen (secondary N) is 1. The number of hydrogen-bond donors (Lipinski definition) is 1. The van der Waals surface area contributed by atoms with E-state index in [9.17, 15) is 9.18 Å². The standard InChI is InChI=1S/C22H21ClFN5OS/c23-16-3-1-6-19(13-16)28-9-11-29(12-10-28)20-7-8-22(27-26-20)31-15-21(30)25-18-5-2-4-17(24)14-18/h1-8,13-14H,9-12,15H2,(H,25,30). The minimum atomic E-state index is -0.389. The molecule has 0 aliphatic carbocycles. The van der Waals surface area contributed by atoms with E-state index in [1.54, 1.807) is 12.1 Å². The molecule has 0 radical (unpaired) electrons. The van der Waals surface area contributed by atoms with Crippen LogP contribution in [0, 0.1) is 5.82 Å². The molecule has 31 heavy (non-hydrogen) atoms. The Morgan fingerprint density at radius 3 is 2.48 bits per heavy atom. The molecule has 0 bridgehead atoms. The first kappa shape index (κ1) is 21.4. The normalized spacial score (nSPS) is 13.9. The average Bonchev–Trinajstić information content (AvgIpc) is 2.78. The number of rotatable bonds is 6. The Labute approximate surface area is 189 Å². The minimum absolute atomic E-state index is 0.169. The van der Waals surface area contributed by atoms with Gasteiger partial charge in [0, 0.05) is 42.6 Å². The van der Waals surface area contributed by atoms with Crippen molar-refractivity contribution in [2.75, 3.05) is 47.0 Å². The van der Waals surface area contributed by atoms with Crippen molar-refractivity contribution in [3.63, 3.8) is 0 Å². The Balaban J connectivity index is 1.26. The number of amides is 1. The number of carbonyl (C=O) groups is 1. The van der Waals surface area contributed by atoms with E-state index in [4.69, 9.17) is 11.6 Å². The predicted molar refractivity (Wildman–Crippen MR) is 124 cm³/mol. The van der Waals surface area contributed by atoms with E-state index in [1.165, 1.54) is 23.9 Å². The lowest BCUT2D eigenvalue weighted by Crippen LogP contribution is -2.46. The second-order valence-electron chi connectivity index (χ2n) is 7.03. The number of anilines is 3. The monoisotopic (exact) mass is 457 g/mol. The third-order valence-corrected chi connectivity index (χ3v) is 6.02. The summed E-state index contributed by atoms with van der Waals surface area (Å²) in [6.45, 7) is 3.42. The molecule has 1 aliphatic heterocycles. The number of benzene rings is 2. The number of hydrogen-bond acceptors (Lipinski definition) is 6. The second-order valence-corrected chi connectivity index (χ2v) is 8.46. The minimum Gasteiger partial charge on any atom is -0.368 e. The van der Waals surface area contributed by atoms with Gasteiger partial charge in [0.1, 0.15) is 10.8 Å². The Bertz CT molecular complexity index is 1040. The highest BCUT2D eigenvalue weighted by Gasteiger charge is 2.19. The van der Waals surface area contributed by atoms with Gasteiger partial charge in [0.05, 0.1) is 5.75 Å². The van der Waals surface area contributed by atoms with Gasteiger partial charge in [-0.05, 0) is 48.5 Å². The molecule has 9 heteroatoms. The molecule has 1 amide bonds. The molecule has 0 saturated carbocycles. The van der Waals surface area contributed by atoms with Crippen molar-refractivity contribution in [1.82, 2.24) is 10.2 Å². The molecule has 160 valence electrons. The molecule has 3 aromatic rings. The number of halogens is 2. The Hall–Kier alpha value is -2.84. The fraction of sp³-hybridized carbons (Fsp3) is 0.227. The molecule has 0 atom stereocenters. The van der Waals surface area contributed by atoms with Crippen LogP contribution in [-0.4, -0.2) is 48.0 Å². The molecular formula is C22H21ClFN5OS. The van der Waals surface area contributed by atoms with Crippen LogP contribution in [0.15, 0.2) is 65.7 Å². The van der Waals surface area contributed by atoms with Crippen molar-refractivity contribution in [3.05, 3.63) is 71.5 Å². The molecular weight excluding hydrogens is 437 g/mol. The van der Waals surface area contributed by atoms with Gasteiger partial charge in [-0.25, -0.2) is 4.39 Å². The maximum absolute atomic E-state index is 13.2. The third kappa shape index (κ3) is 5.86. The zero-order chi connectivity index (χ0) is 21.6. The summed E-state index contributed by atoms with van der Waals surface area (Å²) in [4.78, 5) is 16.6. The zero-order valence-electron chi connectivity index (χ0n) is 16.7. The van der Waals surface area contributed by atoms with E-state index in [0.29, 0.717) is 10.7 Å². The molecule has 0 spiro atoms. The van der Waals surface area contributed by atoms with E-state index in [2.05, 4.69) is 31.4 Å². The summed E-state index contributed by atoms with van der Waals surface area (Å²) >= 11 is 7.39. The van der Waals surface area contributed by atoms with Crippen LogP contribution in [0.4, 0.5) is 21.6 Å². The number of carbonyl (C=O) groups excluding carboxylic acids is 1. The summed E-state index contributed by atoms with van der Waals surface area (Å²) in [6, 6.07) is 17.5. The smallest absolute Gasteiger partial charge is 0.234 e. The number of aromatic nitrogens is 2. The summed E-state index contributed by atoms with van der Waals surface area (Å²) in [7, 11) is 0. The number of thioether (sulfide) groups is 1. The second kappa shape index (κ2) is 9.98. The van der Waals surface area contributed by atoms with Crippen molar-refractivity contribution >= 4 is 46.5 Å². The number of nitrogens with zero attached hydrogens (tertiary/aromatic N) is 4. The van der Waals surface area contributed by atoms with Crippen molar-refractivity contribution in [3.8, 4) is 0 Å². The van der Waals surface area contributed by atoms with Gasteiger partial charge in [-0.2, -0.15) is 0 Å².